The van der Waals surface area contributed by atoms with E-state index in [0.29, 0.717) is 0 Å². The van der Waals surface area contributed by atoms with Crippen LogP contribution in [0.25, 0.3) is 0 Å². The first kappa shape index (κ1) is 9.47. The van der Waals surface area contributed by atoms with E-state index < -0.39 is 0 Å². The summed E-state index contributed by atoms with van der Waals surface area (Å²) in [7, 11) is 4.33. The van der Waals surface area contributed by atoms with Crippen molar-refractivity contribution in [2.45, 2.75) is 26.2 Å². The fourth-order valence-corrected chi connectivity index (χ4v) is 3.10. The molecular weight excluding hydrogens is 160 g/mol. The molecule has 1 saturated heterocycles. The molecular formula is C11H22N2. The number of hydrazine groups is 1. The Morgan fingerprint density at radius 1 is 1.38 bits per heavy atom. The monoisotopic (exact) mass is 182 g/mol. The summed E-state index contributed by atoms with van der Waals surface area (Å²) in [6, 6.07) is 0. The number of fused-ring (bicyclic) bond motifs is 1. The maximum absolute atomic E-state index is 2.49. The van der Waals surface area contributed by atoms with Gasteiger partial charge in [-0.1, -0.05) is 13.3 Å². The van der Waals surface area contributed by atoms with Crippen LogP contribution in [0, 0.1) is 17.8 Å². The van der Waals surface area contributed by atoms with Gasteiger partial charge in [-0.3, -0.25) is 0 Å². The van der Waals surface area contributed by atoms with Crippen molar-refractivity contribution in [2.24, 2.45) is 17.8 Å². The zero-order chi connectivity index (χ0) is 9.42. The molecule has 0 bridgehead atoms. The van der Waals surface area contributed by atoms with Crippen LogP contribution in [0.3, 0.4) is 0 Å². The Balaban J connectivity index is 1.86. The molecule has 13 heavy (non-hydrogen) atoms. The van der Waals surface area contributed by atoms with Gasteiger partial charge in [0.1, 0.15) is 0 Å². The molecule has 1 aliphatic heterocycles. The molecule has 3 atom stereocenters. The molecule has 0 aromatic rings. The summed E-state index contributed by atoms with van der Waals surface area (Å²) < 4.78 is 0. The van der Waals surface area contributed by atoms with Crippen LogP contribution in [0.4, 0.5) is 0 Å². The summed E-state index contributed by atoms with van der Waals surface area (Å²) in [4.78, 5) is 0. The Morgan fingerprint density at radius 3 is 2.69 bits per heavy atom. The molecule has 2 aliphatic rings. The third-order valence-electron chi connectivity index (χ3n) is 4.07. The minimum absolute atomic E-state index is 1.01. The van der Waals surface area contributed by atoms with Gasteiger partial charge >= 0.3 is 0 Å². The third-order valence-corrected chi connectivity index (χ3v) is 4.07. The van der Waals surface area contributed by atoms with Gasteiger partial charge in [0, 0.05) is 27.2 Å². The lowest BCUT2D eigenvalue weighted by molar-refractivity contribution is -0.0896. The predicted molar refractivity (Wildman–Crippen MR) is 55.3 cm³/mol. The molecule has 1 aliphatic carbocycles. The second-order valence-corrected chi connectivity index (χ2v) is 4.88. The first-order valence-corrected chi connectivity index (χ1v) is 5.64. The van der Waals surface area contributed by atoms with Crippen molar-refractivity contribution < 1.29 is 0 Å². The molecule has 0 amide bonds. The lowest BCUT2D eigenvalue weighted by Gasteiger charge is -2.52. The standard InChI is InChI=1S/C11H22N2/c1-4-9-7-10-8-13(12(2)3)6-5-11(9)10/h9-11H,4-8H2,1-3H3. The van der Waals surface area contributed by atoms with Gasteiger partial charge in [0.25, 0.3) is 0 Å². The van der Waals surface area contributed by atoms with Crippen molar-refractivity contribution in [3.8, 4) is 0 Å². The maximum atomic E-state index is 2.49. The summed E-state index contributed by atoms with van der Waals surface area (Å²) in [6.45, 7) is 4.94. The number of hydrogen-bond acceptors (Lipinski definition) is 2. The smallest absolute Gasteiger partial charge is 0.0164 e. The first-order valence-electron chi connectivity index (χ1n) is 5.64. The van der Waals surface area contributed by atoms with Gasteiger partial charge in [-0.05, 0) is 30.6 Å². The van der Waals surface area contributed by atoms with Crippen LogP contribution < -0.4 is 0 Å². The van der Waals surface area contributed by atoms with E-state index in [1.807, 2.05) is 0 Å². The molecule has 2 nitrogen and oxygen atoms in total. The molecule has 2 heteroatoms. The van der Waals surface area contributed by atoms with Gasteiger partial charge in [-0.2, -0.15) is 0 Å². The fraction of sp³-hybridized carbons (Fsp3) is 1.00. The third kappa shape index (κ3) is 1.62. The van der Waals surface area contributed by atoms with Crippen molar-refractivity contribution in [2.75, 3.05) is 27.2 Å². The number of nitrogens with zero attached hydrogens (tertiary/aromatic N) is 2. The molecule has 3 unspecified atom stereocenters. The van der Waals surface area contributed by atoms with Crippen LogP contribution in [-0.2, 0) is 0 Å². The van der Waals surface area contributed by atoms with Crippen molar-refractivity contribution >= 4 is 0 Å². The highest BCUT2D eigenvalue weighted by Crippen LogP contribution is 2.47. The van der Waals surface area contributed by atoms with Crippen LogP contribution in [0.1, 0.15) is 26.2 Å². The van der Waals surface area contributed by atoms with E-state index in [1.165, 1.54) is 32.4 Å². The number of piperidine rings is 1. The molecule has 1 saturated carbocycles. The molecule has 0 N–H and O–H groups in total. The average molecular weight is 182 g/mol. The minimum Gasteiger partial charge on any atom is -0.248 e. The summed E-state index contributed by atoms with van der Waals surface area (Å²) in [5, 5.41) is 4.75. The van der Waals surface area contributed by atoms with E-state index in [2.05, 4.69) is 31.0 Å². The van der Waals surface area contributed by atoms with Crippen LogP contribution in [-0.4, -0.2) is 37.2 Å². The molecule has 0 aromatic heterocycles. The normalized spacial score (nSPS) is 40.2. The lowest BCUT2D eigenvalue weighted by atomic mass is 9.61. The molecule has 0 aromatic carbocycles. The minimum atomic E-state index is 1.01. The van der Waals surface area contributed by atoms with Crippen molar-refractivity contribution in [3.63, 3.8) is 0 Å². The number of hydrogen-bond donors (Lipinski definition) is 0. The topological polar surface area (TPSA) is 6.48 Å². The van der Waals surface area contributed by atoms with Gasteiger partial charge in [-0.25, -0.2) is 10.0 Å². The molecule has 0 radical (unpaired) electrons. The van der Waals surface area contributed by atoms with Crippen LogP contribution >= 0.6 is 0 Å². The van der Waals surface area contributed by atoms with Crippen LogP contribution in [0.2, 0.25) is 0 Å². The summed E-state index contributed by atoms with van der Waals surface area (Å²) in [6.07, 6.45) is 4.33. The van der Waals surface area contributed by atoms with E-state index in [4.69, 9.17) is 0 Å². The van der Waals surface area contributed by atoms with Gasteiger partial charge < -0.3 is 0 Å². The van der Waals surface area contributed by atoms with Gasteiger partial charge in [0.2, 0.25) is 0 Å². The predicted octanol–water partition coefficient (Wildman–Crippen LogP) is 1.83. The lowest BCUT2D eigenvalue weighted by Crippen LogP contribution is -2.53. The van der Waals surface area contributed by atoms with Gasteiger partial charge in [0.15, 0.2) is 0 Å². The van der Waals surface area contributed by atoms with Crippen molar-refractivity contribution in [1.29, 1.82) is 0 Å². The summed E-state index contributed by atoms with van der Waals surface area (Å²) in [5.74, 6) is 3.15. The highest BCUT2D eigenvalue weighted by atomic mass is 15.6. The van der Waals surface area contributed by atoms with Crippen molar-refractivity contribution in [3.05, 3.63) is 0 Å². The quantitative estimate of drug-likeness (QED) is 0.643. The average Bonchev–Trinajstić information content (AvgIpc) is 2.07. The number of rotatable bonds is 2. The zero-order valence-electron chi connectivity index (χ0n) is 9.16. The molecule has 2 fully saturated rings. The molecule has 76 valence electrons. The first-order chi connectivity index (χ1) is 6.22. The highest BCUT2D eigenvalue weighted by Gasteiger charge is 2.43. The van der Waals surface area contributed by atoms with E-state index in [1.54, 1.807) is 0 Å². The summed E-state index contributed by atoms with van der Waals surface area (Å²) >= 11 is 0. The van der Waals surface area contributed by atoms with E-state index in [0.717, 1.165) is 17.8 Å². The fourth-order valence-electron chi connectivity index (χ4n) is 3.10. The largest absolute Gasteiger partial charge is 0.248 e. The van der Waals surface area contributed by atoms with E-state index in [-0.39, 0.29) is 0 Å². The Labute approximate surface area is 81.9 Å². The van der Waals surface area contributed by atoms with E-state index in [9.17, 15) is 0 Å². The Kier molecular flexibility index (Phi) is 2.61. The van der Waals surface area contributed by atoms with Gasteiger partial charge in [0.05, 0.1) is 0 Å². The second-order valence-electron chi connectivity index (χ2n) is 4.88. The van der Waals surface area contributed by atoms with Crippen molar-refractivity contribution in [1.82, 2.24) is 10.0 Å². The second kappa shape index (κ2) is 3.58. The van der Waals surface area contributed by atoms with Gasteiger partial charge in [-0.15, -0.1) is 0 Å². The SMILES string of the molecule is CCC1CC2CN(N(C)C)CCC12. The Hall–Kier alpha value is -0.0800. The van der Waals surface area contributed by atoms with Crippen LogP contribution in [0.5, 0.6) is 0 Å². The molecule has 0 spiro atoms. The Bertz CT molecular complexity index is 179. The zero-order valence-corrected chi connectivity index (χ0v) is 9.16. The highest BCUT2D eigenvalue weighted by molar-refractivity contribution is 4.92. The Morgan fingerprint density at radius 2 is 2.15 bits per heavy atom. The molecule has 1 heterocycles. The summed E-state index contributed by atoms with van der Waals surface area (Å²) in [5.41, 5.74) is 0. The maximum Gasteiger partial charge on any atom is 0.0164 e. The van der Waals surface area contributed by atoms with E-state index >= 15 is 0 Å². The molecule has 2 rings (SSSR count). The van der Waals surface area contributed by atoms with Crippen LogP contribution in [0.15, 0.2) is 0 Å².